The van der Waals surface area contributed by atoms with Crippen LogP contribution in [0.1, 0.15) is 0 Å². The molecule has 0 unspecified atom stereocenters. The van der Waals surface area contributed by atoms with Gasteiger partial charge in [-0.15, -0.1) is 0 Å². The Kier molecular flexibility index (Phi) is 4.28. The Morgan fingerprint density at radius 2 is 1.65 bits per heavy atom. The van der Waals surface area contributed by atoms with E-state index in [4.69, 9.17) is 0 Å². The number of hydrogen-bond donors (Lipinski definition) is 4. The normalized spacial score (nSPS) is 9.24. The first-order valence-electron chi connectivity index (χ1n) is 3.97. The topological polar surface area (TPSA) is 157 Å². The van der Waals surface area contributed by atoms with Crippen LogP contribution in [0.3, 0.4) is 0 Å². The van der Waals surface area contributed by atoms with E-state index in [1.54, 1.807) is 0 Å². The van der Waals surface area contributed by atoms with Gasteiger partial charge in [0.05, 0.1) is 0 Å². The van der Waals surface area contributed by atoms with Crippen LogP contribution in [-0.2, 0) is 0 Å². The summed E-state index contributed by atoms with van der Waals surface area (Å²) in [5.41, 5.74) is -2.21. The van der Waals surface area contributed by atoms with Gasteiger partial charge in [-0.2, -0.15) is 10.2 Å². The summed E-state index contributed by atoms with van der Waals surface area (Å²) in [4.78, 5) is 44.9. The van der Waals surface area contributed by atoms with Crippen LogP contribution in [0.25, 0.3) is 0 Å². The zero-order valence-corrected chi connectivity index (χ0v) is 9.57. The molecule has 17 heavy (non-hydrogen) atoms. The molecule has 90 valence electrons. The molecular weight excluding hydrogens is 300 g/mol. The highest BCUT2D eigenvalue weighted by Gasteiger charge is 1.92. The summed E-state index contributed by atoms with van der Waals surface area (Å²) in [5, 5.41) is 10.6. The summed E-state index contributed by atoms with van der Waals surface area (Å²) in [7, 11) is 0. The van der Waals surface area contributed by atoms with Crippen molar-refractivity contribution in [2.45, 2.75) is 0 Å². The van der Waals surface area contributed by atoms with Crippen LogP contribution in [0.15, 0.2) is 30.0 Å². The highest BCUT2D eigenvalue weighted by molar-refractivity contribution is 9.10. The van der Waals surface area contributed by atoms with Crippen LogP contribution in [0, 0.1) is 0 Å². The quantitative estimate of drug-likeness (QED) is 0.428. The summed E-state index contributed by atoms with van der Waals surface area (Å²) >= 11 is 2.80. The Labute approximate surface area is 99.3 Å². The Hall–Kier alpha value is -2.30. The number of nitrogens with zero attached hydrogens (tertiary/aromatic N) is 2. The van der Waals surface area contributed by atoms with Gasteiger partial charge in [-0.3, -0.25) is 19.6 Å². The number of hydrogen-bond acceptors (Lipinski definition) is 6. The van der Waals surface area contributed by atoms with Gasteiger partial charge >= 0.3 is 11.4 Å². The molecule has 0 bridgehead atoms. The first-order chi connectivity index (χ1) is 7.99. The zero-order chi connectivity index (χ0) is 12.8. The van der Waals surface area contributed by atoms with Crippen molar-refractivity contribution in [3.05, 3.63) is 52.5 Å². The molecule has 0 aliphatic carbocycles. The molecule has 0 saturated heterocycles. The Morgan fingerprint density at radius 3 is 2.06 bits per heavy atom. The number of nitrogens with one attached hydrogen (secondary N) is 4. The maximum atomic E-state index is 10.5. The second-order valence-corrected chi connectivity index (χ2v) is 3.24. The molecule has 2 heterocycles. The second-order valence-electron chi connectivity index (χ2n) is 2.49. The van der Waals surface area contributed by atoms with Crippen LogP contribution < -0.4 is 22.5 Å². The Bertz CT molecular complexity index is 686. The SMILES string of the molecule is O=c1[nH]nc(Br)c(=O)[nH]1.O=c1cn[nH]c(=O)[nH]1. The maximum Gasteiger partial charge on any atom is 0.342 e. The fourth-order valence-electron chi connectivity index (χ4n) is 0.655. The highest BCUT2D eigenvalue weighted by Crippen LogP contribution is 1.88. The molecule has 0 fully saturated rings. The van der Waals surface area contributed by atoms with Crippen molar-refractivity contribution >= 4 is 15.9 Å². The summed E-state index contributed by atoms with van der Waals surface area (Å²) in [6.07, 6.45) is 0.987. The average molecular weight is 305 g/mol. The molecule has 0 radical (unpaired) electrons. The average Bonchev–Trinajstić information content (AvgIpc) is 2.24. The van der Waals surface area contributed by atoms with E-state index in [0.717, 1.165) is 6.20 Å². The second kappa shape index (κ2) is 5.69. The van der Waals surface area contributed by atoms with E-state index >= 15 is 0 Å². The monoisotopic (exact) mass is 304 g/mol. The molecule has 10 nitrogen and oxygen atoms in total. The largest absolute Gasteiger partial charge is 0.342 e. The summed E-state index contributed by atoms with van der Waals surface area (Å²) in [6.45, 7) is 0. The van der Waals surface area contributed by atoms with Crippen molar-refractivity contribution in [3.63, 3.8) is 0 Å². The van der Waals surface area contributed by atoms with Crippen molar-refractivity contribution < 1.29 is 0 Å². The number of H-pyrrole nitrogens is 4. The van der Waals surface area contributed by atoms with Crippen molar-refractivity contribution in [2.75, 3.05) is 0 Å². The predicted molar refractivity (Wildman–Crippen MR) is 58.7 cm³/mol. The molecule has 4 N–H and O–H groups in total. The number of aromatic nitrogens is 6. The molecule has 0 aliphatic rings. The third kappa shape index (κ3) is 4.38. The predicted octanol–water partition coefficient (Wildman–Crippen LogP) is -2.32. The highest BCUT2D eigenvalue weighted by atomic mass is 79.9. The molecule has 11 heteroatoms. The van der Waals surface area contributed by atoms with Gasteiger partial charge in [-0.1, -0.05) is 0 Å². The van der Waals surface area contributed by atoms with E-state index in [2.05, 4.69) is 26.1 Å². The lowest BCUT2D eigenvalue weighted by molar-refractivity contribution is 0.868. The van der Waals surface area contributed by atoms with Gasteiger partial charge in [0, 0.05) is 0 Å². The molecule has 0 atom stereocenters. The minimum atomic E-state index is -0.608. The van der Waals surface area contributed by atoms with Crippen LogP contribution in [0.5, 0.6) is 0 Å². The van der Waals surface area contributed by atoms with Gasteiger partial charge in [0.25, 0.3) is 11.1 Å². The maximum absolute atomic E-state index is 10.5. The van der Waals surface area contributed by atoms with Crippen molar-refractivity contribution in [3.8, 4) is 0 Å². The van der Waals surface area contributed by atoms with Gasteiger partial charge in [0.2, 0.25) is 0 Å². The van der Waals surface area contributed by atoms with E-state index in [1.165, 1.54) is 0 Å². The van der Waals surface area contributed by atoms with Crippen LogP contribution in [0.2, 0.25) is 0 Å². The molecule has 2 aromatic rings. The fourth-order valence-corrected chi connectivity index (χ4v) is 0.843. The lowest BCUT2D eigenvalue weighted by Crippen LogP contribution is -2.23. The summed E-state index contributed by atoms with van der Waals surface area (Å²) in [6, 6.07) is 0. The first-order valence-corrected chi connectivity index (χ1v) is 4.77. The standard InChI is InChI=1S/C3H2BrN3O2.C3H3N3O2/c4-1-2(8)5-3(9)7-6-1;7-2-1-4-6-3(8)5-2/h(H2,5,7,8,9);1H,(H2,5,6,7,8). The van der Waals surface area contributed by atoms with Crippen molar-refractivity contribution in [1.82, 2.24) is 30.4 Å². The van der Waals surface area contributed by atoms with E-state index < -0.39 is 22.5 Å². The third-order valence-electron chi connectivity index (χ3n) is 1.25. The minimum Gasteiger partial charge on any atom is -0.272 e. The third-order valence-corrected chi connectivity index (χ3v) is 1.79. The van der Waals surface area contributed by atoms with Gasteiger partial charge in [-0.25, -0.2) is 19.8 Å². The van der Waals surface area contributed by atoms with E-state index in [-0.39, 0.29) is 4.60 Å². The van der Waals surface area contributed by atoms with Crippen molar-refractivity contribution in [1.29, 1.82) is 0 Å². The number of aromatic amines is 4. The Morgan fingerprint density at radius 1 is 1.00 bits per heavy atom. The van der Waals surface area contributed by atoms with Gasteiger partial charge < -0.3 is 0 Å². The number of rotatable bonds is 0. The van der Waals surface area contributed by atoms with E-state index in [0.29, 0.717) is 0 Å². The van der Waals surface area contributed by atoms with Gasteiger partial charge in [0.1, 0.15) is 6.20 Å². The summed E-state index contributed by atoms with van der Waals surface area (Å²) < 4.78 is 0.0714. The van der Waals surface area contributed by atoms with Crippen molar-refractivity contribution in [2.24, 2.45) is 0 Å². The molecule has 0 spiro atoms. The van der Waals surface area contributed by atoms with E-state index in [1.807, 2.05) is 20.2 Å². The van der Waals surface area contributed by atoms with Gasteiger partial charge in [-0.05, 0) is 15.9 Å². The molecule has 2 aromatic heterocycles. The van der Waals surface area contributed by atoms with Crippen LogP contribution in [0.4, 0.5) is 0 Å². The van der Waals surface area contributed by atoms with Crippen LogP contribution >= 0.6 is 15.9 Å². The molecule has 0 saturated carbocycles. The Balaban J connectivity index is 0.000000171. The lowest BCUT2D eigenvalue weighted by Gasteiger charge is -1.81. The molecule has 0 amide bonds. The number of halogens is 1. The molecule has 2 rings (SSSR count). The first kappa shape index (κ1) is 12.8. The van der Waals surface area contributed by atoms with Gasteiger partial charge in [0.15, 0.2) is 4.60 Å². The zero-order valence-electron chi connectivity index (χ0n) is 7.98. The molecule has 0 aromatic carbocycles. The van der Waals surface area contributed by atoms with Crippen LogP contribution in [-0.4, -0.2) is 30.4 Å². The smallest absolute Gasteiger partial charge is 0.272 e. The summed E-state index contributed by atoms with van der Waals surface area (Å²) in [5.74, 6) is 0. The minimum absolute atomic E-state index is 0.0714. The molecule has 0 aliphatic heterocycles. The molecular formula is C6H5BrN6O4. The lowest BCUT2D eigenvalue weighted by atomic mass is 10.9. The fraction of sp³-hybridized carbons (Fsp3) is 0. The van der Waals surface area contributed by atoms with E-state index in [9.17, 15) is 19.2 Å².